The quantitative estimate of drug-likeness (QED) is 0.767. The lowest BCUT2D eigenvalue weighted by molar-refractivity contribution is 0.102. The first-order valence-corrected chi connectivity index (χ1v) is 5.83. The minimum absolute atomic E-state index is 0.161. The summed E-state index contributed by atoms with van der Waals surface area (Å²) in [5.41, 5.74) is 0.546. The molecule has 0 saturated carbocycles. The summed E-state index contributed by atoms with van der Waals surface area (Å²) in [4.78, 5) is 16.3. The first-order valence-electron chi connectivity index (χ1n) is 5.83. The zero-order chi connectivity index (χ0) is 13.7. The minimum atomic E-state index is -0.161. The van der Waals surface area contributed by atoms with Crippen molar-refractivity contribution in [1.82, 2.24) is 9.55 Å². The highest BCUT2D eigenvalue weighted by molar-refractivity contribution is 6.06. The molecule has 5 nitrogen and oxygen atoms in total. The maximum absolute atomic E-state index is 12.3. The van der Waals surface area contributed by atoms with Crippen LogP contribution >= 0.6 is 0 Å². The van der Waals surface area contributed by atoms with Crippen molar-refractivity contribution in [2.24, 2.45) is 0 Å². The number of ether oxygens (including phenoxy) is 1. The zero-order valence-electron chi connectivity index (χ0n) is 10.5. The van der Waals surface area contributed by atoms with Gasteiger partial charge in [-0.2, -0.15) is 5.26 Å². The summed E-state index contributed by atoms with van der Waals surface area (Å²) in [6.07, 6.45) is 3.61. The van der Waals surface area contributed by atoms with Gasteiger partial charge in [-0.15, -0.1) is 0 Å². The Kier molecular flexibility index (Phi) is 3.94. The first kappa shape index (κ1) is 12.8. The average molecular weight is 255 g/mol. The van der Waals surface area contributed by atoms with E-state index < -0.39 is 0 Å². The number of hydrogen-bond donors (Lipinski definition) is 0. The number of hydrogen-bond acceptors (Lipinski definition) is 4. The van der Waals surface area contributed by atoms with E-state index in [1.54, 1.807) is 48.3 Å². The van der Waals surface area contributed by atoms with Crippen LogP contribution < -0.4 is 4.74 Å². The van der Waals surface area contributed by atoms with Crippen molar-refractivity contribution in [2.75, 3.05) is 7.11 Å². The number of nitriles is 1. The van der Waals surface area contributed by atoms with Crippen LogP contribution in [0.5, 0.6) is 5.75 Å². The van der Waals surface area contributed by atoms with Gasteiger partial charge in [-0.25, -0.2) is 4.98 Å². The second-order valence-corrected chi connectivity index (χ2v) is 3.91. The van der Waals surface area contributed by atoms with E-state index in [4.69, 9.17) is 10.00 Å². The van der Waals surface area contributed by atoms with Gasteiger partial charge in [0.05, 0.1) is 19.6 Å². The van der Waals surface area contributed by atoms with Crippen LogP contribution in [0.3, 0.4) is 0 Å². The third-order valence-corrected chi connectivity index (χ3v) is 2.74. The van der Waals surface area contributed by atoms with Gasteiger partial charge in [0.25, 0.3) is 0 Å². The van der Waals surface area contributed by atoms with Crippen molar-refractivity contribution >= 4 is 5.78 Å². The molecule has 5 heteroatoms. The molecular weight excluding hydrogens is 242 g/mol. The van der Waals surface area contributed by atoms with Gasteiger partial charge >= 0.3 is 0 Å². The molecule has 0 bridgehead atoms. The van der Waals surface area contributed by atoms with Gasteiger partial charge < -0.3 is 9.30 Å². The van der Waals surface area contributed by atoms with Gasteiger partial charge in [0.15, 0.2) is 5.82 Å². The number of carbonyl (C=O) groups excluding carboxylic acids is 1. The Morgan fingerprint density at radius 3 is 2.79 bits per heavy atom. The number of imidazole rings is 1. The Morgan fingerprint density at radius 1 is 1.42 bits per heavy atom. The Bertz CT molecular complexity index is 608. The van der Waals surface area contributed by atoms with E-state index in [-0.39, 0.29) is 5.78 Å². The molecule has 0 radical (unpaired) electrons. The summed E-state index contributed by atoms with van der Waals surface area (Å²) in [5.74, 6) is 0.885. The van der Waals surface area contributed by atoms with E-state index in [0.29, 0.717) is 30.1 Å². The fourth-order valence-electron chi connectivity index (χ4n) is 1.74. The summed E-state index contributed by atoms with van der Waals surface area (Å²) in [7, 11) is 1.57. The summed E-state index contributed by atoms with van der Waals surface area (Å²) < 4.78 is 6.74. The molecule has 0 aliphatic carbocycles. The second-order valence-electron chi connectivity index (χ2n) is 3.91. The van der Waals surface area contributed by atoms with Crippen molar-refractivity contribution in [1.29, 1.82) is 5.26 Å². The summed E-state index contributed by atoms with van der Waals surface area (Å²) in [5, 5.41) is 8.59. The number of methoxy groups -OCH3 is 1. The SMILES string of the molecule is COc1ccc(C(=O)c2nccn2CCC#N)cc1. The summed E-state index contributed by atoms with van der Waals surface area (Å²) >= 11 is 0. The molecule has 0 unspecified atom stereocenters. The maximum atomic E-state index is 12.3. The molecule has 1 aromatic carbocycles. The fourth-order valence-corrected chi connectivity index (χ4v) is 1.74. The Labute approximate surface area is 111 Å². The van der Waals surface area contributed by atoms with E-state index in [1.807, 2.05) is 0 Å². The van der Waals surface area contributed by atoms with E-state index in [2.05, 4.69) is 11.1 Å². The van der Waals surface area contributed by atoms with E-state index in [1.165, 1.54) is 0 Å². The minimum Gasteiger partial charge on any atom is -0.497 e. The lowest BCUT2D eigenvalue weighted by Crippen LogP contribution is -2.11. The number of benzene rings is 1. The fraction of sp³-hybridized carbons (Fsp3) is 0.214. The Hall–Kier alpha value is -2.61. The molecule has 0 atom stereocenters. The van der Waals surface area contributed by atoms with Gasteiger partial charge in [0, 0.05) is 24.5 Å². The van der Waals surface area contributed by atoms with E-state index >= 15 is 0 Å². The largest absolute Gasteiger partial charge is 0.497 e. The molecule has 0 spiro atoms. The highest BCUT2D eigenvalue weighted by atomic mass is 16.5. The first-order chi connectivity index (χ1) is 9.26. The van der Waals surface area contributed by atoms with E-state index in [0.717, 1.165) is 0 Å². The van der Waals surface area contributed by atoms with Crippen LogP contribution in [0, 0.1) is 11.3 Å². The highest BCUT2D eigenvalue weighted by Gasteiger charge is 2.14. The molecule has 19 heavy (non-hydrogen) atoms. The lowest BCUT2D eigenvalue weighted by atomic mass is 10.1. The molecular formula is C14H13N3O2. The molecule has 2 aromatic rings. The monoisotopic (exact) mass is 255 g/mol. The second kappa shape index (κ2) is 5.83. The number of aryl methyl sites for hydroxylation is 1. The number of nitrogens with zero attached hydrogens (tertiary/aromatic N) is 3. The molecule has 96 valence electrons. The standard InChI is InChI=1S/C14H13N3O2/c1-19-12-5-3-11(4-6-12)13(18)14-16-8-10-17(14)9-2-7-15/h3-6,8,10H,2,9H2,1H3. The zero-order valence-corrected chi connectivity index (χ0v) is 10.5. The topological polar surface area (TPSA) is 67.9 Å². The normalized spacial score (nSPS) is 9.89. The predicted molar refractivity (Wildman–Crippen MR) is 68.9 cm³/mol. The third-order valence-electron chi connectivity index (χ3n) is 2.74. The average Bonchev–Trinajstić information content (AvgIpc) is 2.92. The molecule has 0 aliphatic heterocycles. The maximum Gasteiger partial charge on any atom is 0.228 e. The molecule has 0 saturated heterocycles. The summed E-state index contributed by atoms with van der Waals surface area (Å²) in [6.45, 7) is 0.466. The van der Waals surface area contributed by atoms with Crippen molar-refractivity contribution in [3.63, 3.8) is 0 Å². The molecule has 0 fully saturated rings. The Balaban J connectivity index is 2.23. The molecule has 1 aromatic heterocycles. The van der Waals surface area contributed by atoms with Crippen molar-refractivity contribution in [2.45, 2.75) is 13.0 Å². The van der Waals surface area contributed by atoms with Gasteiger partial charge in [-0.05, 0) is 24.3 Å². The Morgan fingerprint density at radius 2 is 2.16 bits per heavy atom. The lowest BCUT2D eigenvalue weighted by Gasteiger charge is -2.05. The van der Waals surface area contributed by atoms with Crippen molar-refractivity contribution in [3.05, 3.63) is 48.0 Å². The third kappa shape index (κ3) is 2.80. The smallest absolute Gasteiger partial charge is 0.228 e. The van der Waals surface area contributed by atoms with Crippen LogP contribution in [0.2, 0.25) is 0 Å². The number of rotatable bonds is 5. The molecule has 0 N–H and O–H groups in total. The number of aromatic nitrogens is 2. The van der Waals surface area contributed by atoms with Crippen molar-refractivity contribution < 1.29 is 9.53 Å². The molecule has 0 aliphatic rings. The highest BCUT2D eigenvalue weighted by Crippen LogP contribution is 2.14. The van der Waals surface area contributed by atoms with Gasteiger partial charge in [0.1, 0.15) is 5.75 Å². The predicted octanol–water partition coefficient (Wildman–Crippen LogP) is 2.04. The van der Waals surface area contributed by atoms with Crippen LogP contribution in [0.4, 0.5) is 0 Å². The molecule has 0 amide bonds. The van der Waals surface area contributed by atoms with Gasteiger partial charge in [-0.3, -0.25) is 4.79 Å². The van der Waals surface area contributed by atoms with Crippen LogP contribution in [0.1, 0.15) is 22.6 Å². The van der Waals surface area contributed by atoms with Crippen LogP contribution in [0.25, 0.3) is 0 Å². The van der Waals surface area contributed by atoms with Crippen LogP contribution in [-0.4, -0.2) is 22.4 Å². The number of carbonyl (C=O) groups is 1. The summed E-state index contributed by atoms with van der Waals surface area (Å²) in [6, 6.07) is 8.91. The van der Waals surface area contributed by atoms with Gasteiger partial charge in [-0.1, -0.05) is 0 Å². The molecule has 1 heterocycles. The number of ketones is 1. The van der Waals surface area contributed by atoms with E-state index in [9.17, 15) is 4.79 Å². The van der Waals surface area contributed by atoms with Gasteiger partial charge in [0.2, 0.25) is 5.78 Å². The van der Waals surface area contributed by atoms with Crippen LogP contribution in [0.15, 0.2) is 36.7 Å². The van der Waals surface area contributed by atoms with Crippen molar-refractivity contribution in [3.8, 4) is 11.8 Å². The molecule has 2 rings (SSSR count). The van der Waals surface area contributed by atoms with Crippen LogP contribution in [-0.2, 0) is 6.54 Å².